The zero-order valence-electron chi connectivity index (χ0n) is 10.6. The number of carboxylic acid groups (broad SMARTS) is 1. The molecule has 2 heterocycles. The second-order valence-electron chi connectivity index (χ2n) is 6.04. The maximum atomic E-state index is 11.5. The number of aliphatic carboxylic acids is 1. The summed E-state index contributed by atoms with van der Waals surface area (Å²) in [5.74, 6) is -0.639. The van der Waals surface area contributed by atoms with E-state index in [0.29, 0.717) is 6.04 Å². The Hall–Kier alpha value is -0.610. The van der Waals surface area contributed by atoms with Crippen LogP contribution in [0.4, 0.5) is 0 Å². The lowest BCUT2D eigenvalue weighted by Gasteiger charge is -2.36. The van der Waals surface area contributed by atoms with Crippen LogP contribution >= 0.6 is 0 Å². The second kappa shape index (κ2) is 3.95. The lowest BCUT2D eigenvalue weighted by molar-refractivity contribution is -0.149. The van der Waals surface area contributed by atoms with Crippen molar-refractivity contribution in [2.45, 2.75) is 56.7 Å². The third-order valence-electron chi connectivity index (χ3n) is 4.86. The van der Waals surface area contributed by atoms with Crippen molar-refractivity contribution in [1.82, 2.24) is 9.80 Å². The van der Waals surface area contributed by atoms with Crippen LogP contribution in [0.5, 0.6) is 0 Å². The Balaban J connectivity index is 1.69. The predicted octanol–water partition coefficient (Wildman–Crippen LogP) is 1.16. The molecule has 17 heavy (non-hydrogen) atoms. The lowest BCUT2D eigenvalue weighted by Crippen LogP contribution is -2.53. The summed E-state index contributed by atoms with van der Waals surface area (Å²) in [5.41, 5.74) is -0.607. The van der Waals surface area contributed by atoms with Gasteiger partial charge in [0.15, 0.2) is 0 Å². The Morgan fingerprint density at radius 1 is 1.24 bits per heavy atom. The quantitative estimate of drug-likeness (QED) is 0.801. The highest BCUT2D eigenvalue weighted by Gasteiger charge is 2.48. The predicted molar refractivity (Wildman–Crippen MR) is 65.0 cm³/mol. The van der Waals surface area contributed by atoms with Gasteiger partial charge in [0.05, 0.1) is 0 Å². The van der Waals surface area contributed by atoms with E-state index < -0.39 is 11.5 Å². The smallest absolute Gasteiger partial charge is 0.323 e. The fraction of sp³-hybridized carbons (Fsp3) is 0.923. The number of hydrogen-bond acceptors (Lipinski definition) is 3. The Labute approximate surface area is 103 Å². The van der Waals surface area contributed by atoms with Crippen molar-refractivity contribution in [2.75, 3.05) is 19.6 Å². The van der Waals surface area contributed by atoms with Gasteiger partial charge in [-0.15, -0.1) is 0 Å². The van der Waals surface area contributed by atoms with Gasteiger partial charge in [-0.2, -0.15) is 0 Å². The zero-order valence-corrected chi connectivity index (χ0v) is 10.6. The average molecular weight is 238 g/mol. The average Bonchev–Trinajstić information content (AvgIpc) is 2.88. The number of nitrogens with zero attached hydrogens (tertiary/aromatic N) is 2. The molecule has 1 aliphatic carbocycles. The van der Waals surface area contributed by atoms with Crippen molar-refractivity contribution in [1.29, 1.82) is 0 Å². The van der Waals surface area contributed by atoms with Crippen LogP contribution in [0, 0.1) is 0 Å². The highest BCUT2D eigenvalue weighted by molar-refractivity contribution is 5.78. The van der Waals surface area contributed by atoms with Crippen LogP contribution in [0.15, 0.2) is 0 Å². The molecule has 3 aliphatic rings. The standard InChI is InChI=1S/C13H22N2O2/c1-13(12(16)17)6-2-7-15(13)11-5-8-14(9-11)10-3-4-10/h10-11H,2-9H2,1H3,(H,16,17). The molecule has 0 amide bonds. The van der Waals surface area contributed by atoms with E-state index in [1.807, 2.05) is 6.92 Å². The molecule has 1 saturated carbocycles. The van der Waals surface area contributed by atoms with Gasteiger partial charge in [-0.1, -0.05) is 0 Å². The van der Waals surface area contributed by atoms with Gasteiger partial charge in [0, 0.05) is 25.2 Å². The van der Waals surface area contributed by atoms with Gasteiger partial charge in [-0.05, 0) is 45.6 Å². The highest BCUT2D eigenvalue weighted by Crippen LogP contribution is 2.37. The van der Waals surface area contributed by atoms with Crippen molar-refractivity contribution >= 4 is 5.97 Å². The molecular weight excluding hydrogens is 216 g/mol. The molecule has 2 atom stereocenters. The fourth-order valence-electron chi connectivity index (χ4n) is 3.59. The molecule has 0 spiro atoms. The van der Waals surface area contributed by atoms with Crippen LogP contribution in [-0.4, -0.2) is 58.1 Å². The van der Waals surface area contributed by atoms with Gasteiger partial charge >= 0.3 is 5.97 Å². The van der Waals surface area contributed by atoms with Gasteiger partial charge in [-0.3, -0.25) is 14.6 Å². The van der Waals surface area contributed by atoms with Crippen LogP contribution in [-0.2, 0) is 4.79 Å². The molecule has 0 aromatic carbocycles. The normalized spacial score (nSPS) is 39.9. The Kier molecular flexibility index (Phi) is 2.67. The van der Waals surface area contributed by atoms with E-state index in [2.05, 4.69) is 9.80 Å². The molecule has 0 radical (unpaired) electrons. The van der Waals surface area contributed by atoms with Gasteiger partial charge in [0.2, 0.25) is 0 Å². The van der Waals surface area contributed by atoms with Crippen LogP contribution < -0.4 is 0 Å². The summed E-state index contributed by atoms with van der Waals surface area (Å²) in [6.45, 7) is 5.13. The first kappa shape index (κ1) is 11.5. The van der Waals surface area contributed by atoms with Gasteiger partial charge < -0.3 is 5.11 Å². The Bertz CT molecular complexity index is 329. The molecule has 0 aromatic heterocycles. The molecule has 0 bridgehead atoms. The Morgan fingerprint density at radius 2 is 2.00 bits per heavy atom. The monoisotopic (exact) mass is 238 g/mol. The molecular formula is C13H22N2O2. The summed E-state index contributed by atoms with van der Waals surface area (Å²) in [5, 5.41) is 9.44. The van der Waals surface area contributed by atoms with Crippen molar-refractivity contribution in [2.24, 2.45) is 0 Å². The molecule has 4 heteroatoms. The lowest BCUT2D eigenvalue weighted by atomic mass is 9.97. The summed E-state index contributed by atoms with van der Waals surface area (Å²) >= 11 is 0. The molecule has 96 valence electrons. The summed E-state index contributed by atoms with van der Waals surface area (Å²) in [7, 11) is 0. The summed E-state index contributed by atoms with van der Waals surface area (Å²) in [4.78, 5) is 16.3. The third-order valence-corrected chi connectivity index (χ3v) is 4.86. The minimum atomic E-state index is -0.639. The van der Waals surface area contributed by atoms with E-state index in [9.17, 15) is 9.90 Å². The second-order valence-corrected chi connectivity index (χ2v) is 6.04. The topological polar surface area (TPSA) is 43.8 Å². The minimum Gasteiger partial charge on any atom is -0.480 e. The van der Waals surface area contributed by atoms with Crippen LogP contribution in [0.25, 0.3) is 0 Å². The van der Waals surface area contributed by atoms with E-state index >= 15 is 0 Å². The van der Waals surface area contributed by atoms with E-state index in [1.54, 1.807) is 0 Å². The summed E-state index contributed by atoms with van der Waals surface area (Å²) in [6.07, 6.45) is 5.69. The van der Waals surface area contributed by atoms with E-state index in [4.69, 9.17) is 0 Å². The summed E-state index contributed by atoms with van der Waals surface area (Å²) < 4.78 is 0. The molecule has 4 nitrogen and oxygen atoms in total. The zero-order chi connectivity index (χ0) is 12.0. The fourth-order valence-corrected chi connectivity index (χ4v) is 3.59. The summed E-state index contributed by atoms with van der Waals surface area (Å²) in [6, 6.07) is 1.29. The van der Waals surface area contributed by atoms with Crippen molar-refractivity contribution in [3.63, 3.8) is 0 Å². The molecule has 2 aliphatic heterocycles. The minimum absolute atomic E-state index is 0.471. The number of carboxylic acids is 1. The number of carbonyl (C=O) groups is 1. The van der Waals surface area contributed by atoms with E-state index in [0.717, 1.165) is 38.4 Å². The molecule has 0 aromatic rings. The molecule has 3 fully saturated rings. The largest absolute Gasteiger partial charge is 0.480 e. The van der Waals surface area contributed by atoms with Gasteiger partial charge in [-0.25, -0.2) is 0 Å². The first-order valence-electron chi connectivity index (χ1n) is 6.85. The van der Waals surface area contributed by atoms with E-state index in [-0.39, 0.29) is 0 Å². The van der Waals surface area contributed by atoms with E-state index in [1.165, 1.54) is 19.4 Å². The number of rotatable bonds is 3. The SMILES string of the molecule is CC1(C(=O)O)CCCN1C1CCN(C2CC2)C1. The van der Waals surface area contributed by atoms with Crippen LogP contribution in [0.2, 0.25) is 0 Å². The van der Waals surface area contributed by atoms with Crippen LogP contribution in [0.3, 0.4) is 0 Å². The Morgan fingerprint density at radius 3 is 2.65 bits per heavy atom. The number of likely N-dealkylation sites (tertiary alicyclic amines) is 2. The van der Waals surface area contributed by atoms with Crippen molar-refractivity contribution in [3.05, 3.63) is 0 Å². The number of hydrogen-bond donors (Lipinski definition) is 1. The maximum Gasteiger partial charge on any atom is 0.323 e. The molecule has 1 N–H and O–H groups in total. The highest BCUT2D eigenvalue weighted by atomic mass is 16.4. The van der Waals surface area contributed by atoms with Crippen molar-refractivity contribution < 1.29 is 9.90 Å². The van der Waals surface area contributed by atoms with Gasteiger partial charge in [0.25, 0.3) is 0 Å². The maximum absolute atomic E-state index is 11.5. The van der Waals surface area contributed by atoms with Gasteiger partial charge in [0.1, 0.15) is 5.54 Å². The first-order chi connectivity index (χ1) is 8.11. The van der Waals surface area contributed by atoms with Crippen molar-refractivity contribution in [3.8, 4) is 0 Å². The molecule has 2 saturated heterocycles. The third kappa shape index (κ3) is 1.87. The molecule has 3 rings (SSSR count). The molecule has 2 unspecified atom stereocenters. The first-order valence-corrected chi connectivity index (χ1v) is 6.85. The van der Waals surface area contributed by atoms with Crippen LogP contribution in [0.1, 0.15) is 39.0 Å².